The highest BCUT2D eigenvalue weighted by molar-refractivity contribution is 5.98. The molecule has 0 aliphatic carbocycles. The molecule has 5 nitrogen and oxygen atoms in total. The molecule has 2 rings (SSSR count). The van der Waals surface area contributed by atoms with Crippen molar-refractivity contribution < 1.29 is 18.8 Å². The van der Waals surface area contributed by atoms with E-state index in [0.29, 0.717) is 5.56 Å². The van der Waals surface area contributed by atoms with Crippen molar-refractivity contribution in [2.45, 2.75) is 32.1 Å². The summed E-state index contributed by atoms with van der Waals surface area (Å²) in [6, 6.07) is 5.22. The summed E-state index contributed by atoms with van der Waals surface area (Å²) in [4.78, 5) is 37.3. The summed E-state index contributed by atoms with van der Waals surface area (Å²) in [5.41, 5.74) is 0.378. The Morgan fingerprint density at radius 1 is 1.00 bits per heavy atom. The fourth-order valence-corrected chi connectivity index (χ4v) is 2.52. The van der Waals surface area contributed by atoms with Gasteiger partial charge in [0.2, 0.25) is 11.8 Å². The number of hydrogen-bond donors (Lipinski definition) is 1. The summed E-state index contributed by atoms with van der Waals surface area (Å²) in [5, 5.41) is 2.55. The van der Waals surface area contributed by atoms with E-state index in [1.807, 2.05) is 0 Å². The Labute approximate surface area is 134 Å². The topological polar surface area (TPSA) is 66.5 Å². The number of carbonyl (C=O) groups excluding carboxylic acids is 3. The summed E-state index contributed by atoms with van der Waals surface area (Å²) < 4.78 is 12.8. The van der Waals surface area contributed by atoms with Crippen molar-refractivity contribution in [1.29, 1.82) is 0 Å². The van der Waals surface area contributed by atoms with Gasteiger partial charge in [0, 0.05) is 31.5 Å². The van der Waals surface area contributed by atoms with Gasteiger partial charge in [0.05, 0.1) is 6.54 Å². The van der Waals surface area contributed by atoms with Gasteiger partial charge in [-0.1, -0.05) is 0 Å². The molecule has 1 heterocycles. The van der Waals surface area contributed by atoms with E-state index < -0.39 is 5.82 Å². The van der Waals surface area contributed by atoms with E-state index in [0.717, 1.165) is 32.4 Å². The van der Waals surface area contributed by atoms with Crippen molar-refractivity contribution >= 4 is 17.6 Å². The van der Waals surface area contributed by atoms with Gasteiger partial charge in [0.25, 0.3) is 0 Å². The molecule has 0 saturated carbocycles. The Morgan fingerprint density at radius 2 is 1.65 bits per heavy atom. The predicted molar refractivity (Wildman–Crippen MR) is 83.4 cm³/mol. The summed E-state index contributed by atoms with van der Waals surface area (Å²) in [6.45, 7) is 1.47. The summed E-state index contributed by atoms with van der Waals surface area (Å²) in [5.74, 6) is -1.04. The Hall–Kier alpha value is -2.24. The summed E-state index contributed by atoms with van der Waals surface area (Å²) in [6.07, 6.45) is 3.21. The van der Waals surface area contributed by atoms with E-state index in [-0.39, 0.29) is 37.0 Å². The molecule has 1 saturated heterocycles. The second kappa shape index (κ2) is 8.41. The number of piperidine rings is 1. The van der Waals surface area contributed by atoms with Crippen LogP contribution in [0.2, 0.25) is 0 Å². The van der Waals surface area contributed by atoms with Gasteiger partial charge in [-0.3, -0.25) is 14.4 Å². The van der Waals surface area contributed by atoms with Gasteiger partial charge >= 0.3 is 0 Å². The van der Waals surface area contributed by atoms with E-state index in [4.69, 9.17) is 0 Å². The van der Waals surface area contributed by atoms with E-state index in [1.165, 1.54) is 24.3 Å². The van der Waals surface area contributed by atoms with Crippen LogP contribution in [-0.2, 0) is 9.59 Å². The number of nitrogens with zero attached hydrogens (tertiary/aromatic N) is 1. The summed E-state index contributed by atoms with van der Waals surface area (Å²) in [7, 11) is 0. The molecule has 23 heavy (non-hydrogen) atoms. The molecule has 2 amide bonds. The lowest BCUT2D eigenvalue weighted by molar-refractivity contribution is -0.133. The fraction of sp³-hybridized carbons (Fsp3) is 0.471. The molecule has 0 unspecified atom stereocenters. The highest BCUT2D eigenvalue weighted by Crippen LogP contribution is 2.09. The smallest absolute Gasteiger partial charge is 0.241 e. The minimum absolute atomic E-state index is 0.0174. The van der Waals surface area contributed by atoms with Gasteiger partial charge < -0.3 is 10.2 Å². The minimum Gasteiger partial charge on any atom is -0.347 e. The quantitative estimate of drug-likeness (QED) is 0.814. The van der Waals surface area contributed by atoms with Gasteiger partial charge in [0.1, 0.15) is 5.82 Å². The van der Waals surface area contributed by atoms with Gasteiger partial charge in [-0.25, -0.2) is 4.39 Å². The molecule has 6 heteroatoms. The molecule has 1 aliphatic rings. The molecule has 1 aliphatic heterocycles. The van der Waals surface area contributed by atoms with Crippen LogP contribution in [0, 0.1) is 5.82 Å². The Bertz CT molecular complexity index is 566. The predicted octanol–water partition coefficient (Wildman–Crippen LogP) is 1.92. The van der Waals surface area contributed by atoms with Crippen LogP contribution >= 0.6 is 0 Å². The minimum atomic E-state index is -0.407. The molecule has 0 spiro atoms. The normalized spacial score (nSPS) is 14.4. The van der Waals surface area contributed by atoms with E-state index >= 15 is 0 Å². The highest BCUT2D eigenvalue weighted by atomic mass is 19.1. The molecular formula is C17H21FN2O3. The fourth-order valence-electron chi connectivity index (χ4n) is 2.52. The van der Waals surface area contributed by atoms with Crippen molar-refractivity contribution in [2.75, 3.05) is 19.6 Å². The maximum Gasteiger partial charge on any atom is 0.241 e. The second-order valence-electron chi connectivity index (χ2n) is 5.65. The van der Waals surface area contributed by atoms with Crippen LogP contribution in [0.1, 0.15) is 42.5 Å². The Balaban J connectivity index is 1.69. The van der Waals surface area contributed by atoms with Crippen molar-refractivity contribution in [3.8, 4) is 0 Å². The molecule has 124 valence electrons. The van der Waals surface area contributed by atoms with Gasteiger partial charge in [-0.15, -0.1) is 0 Å². The zero-order valence-electron chi connectivity index (χ0n) is 13.0. The third kappa shape index (κ3) is 5.47. The average Bonchev–Trinajstić information content (AvgIpc) is 2.59. The van der Waals surface area contributed by atoms with Crippen molar-refractivity contribution in [1.82, 2.24) is 10.2 Å². The number of ketones is 1. The standard InChI is InChI=1S/C17H21FN2O3/c18-14-6-4-13(5-7-14)15(21)8-9-16(22)19-12-17(23)20-10-2-1-3-11-20/h4-7H,1-3,8-12H2,(H,19,22). The van der Waals surface area contributed by atoms with Gasteiger partial charge in [-0.2, -0.15) is 0 Å². The first kappa shape index (κ1) is 17.1. The van der Waals surface area contributed by atoms with Crippen LogP contribution in [0.3, 0.4) is 0 Å². The number of carbonyl (C=O) groups is 3. The average molecular weight is 320 g/mol. The van der Waals surface area contributed by atoms with Crippen molar-refractivity contribution in [3.05, 3.63) is 35.6 Å². The van der Waals surface area contributed by atoms with Crippen LogP contribution in [-0.4, -0.2) is 42.1 Å². The van der Waals surface area contributed by atoms with E-state index in [9.17, 15) is 18.8 Å². The van der Waals surface area contributed by atoms with Crippen molar-refractivity contribution in [2.24, 2.45) is 0 Å². The number of nitrogens with one attached hydrogen (secondary N) is 1. The number of Topliss-reactive ketones (excluding diaryl/α,β-unsaturated/α-hetero) is 1. The molecular weight excluding hydrogens is 299 g/mol. The largest absolute Gasteiger partial charge is 0.347 e. The van der Waals surface area contributed by atoms with Crippen LogP contribution < -0.4 is 5.32 Å². The maximum absolute atomic E-state index is 12.8. The zero-order valence-corrected chi connectivity index (χ0v) is 13.0. The lowest BCUT2D eigenvalue weighted by atomic mass is 10.1. The number of likely N-dealkylation sites (tertiary alicyclic amines) is 1. The lowest BCUT2D eigenvalue weighted by Gasteiger charge is -2.26. The molecule has 0 radical (unpaired) electrons. The van der Waals surface area contributed by atoms with E-state index in [1.54, 1.807) is 4.90 Å². The molecule has 0 bridgehead atoms. The number of benzene rings is 1. The van der Waals surface area contributed by atoms with Crippen LogP contribution in [0.4, 0.5) is 4.39 Å². The van der Waals surface area contributed by atoms with Gasteiger partial charge in [0.15, 0.2) is 5.78 Å². The second-order valence-corrected chi connectivity index (χ2v) is 5.65. The molecule has 1 aromatic rings. The SMILES string of the molecule is O=C(CCC(=O)c1ccc(F)cc1)NCC(=O)N1CCCCC1. The first-order valence-corrected chi connectivity index (χ1v) is 7.89. The molecule has 1 N–H and O–H groups in total. The Morgan fingerprint density at radius 3 is 2.30 bits per heavy atom. The summed E-state index contributed by atoms with van der Waals surface area (Å²) >= 11 is 0. The first-order valence-electron chi connectivity index (χ1n) is 7.89. The highest BCUT2D eigenvalue weighted by Gasteiger charge is 2.17. The molecule has 0 aromatic heterocycles. The maximum atomic E-state index is 12.8. The monoisotopic (exact) mass is 320 g/mol. The third-order valence-corrected chi connectivity index (χ3v) is 3.89. The Kier molecular flexibility index (Phi) is 6.26. The van der Waals surface area contributed by atoms with Crippen molar-refractivity contribution in [3.63, 3.8) is 0 Å². The lowest BCUT2D eigenvalue weighted by Crippen LogP contribution is -2.42. The molecule has 0 atom stereocenters. The van der Waals surface area contributed by atoms with E-state index in [2.05, 4.69) is 5.32 Å². The first-order chi connectivity index (χ1) is 11.1. The molecule has 1 fully saturated rings. The third-order valence-electron chi connectivity index (χ3n) is 3.89. The number of hydrogen-bond acceptors (Lipinski definition) is 3. The van der Waals surface area contributed by atoms with Gasteiger partial charge in [-0.05, 0) is 43.5 Å². The number of rotatable bonds is 6. The number of amides is 2. The van der Waals surface area contributed by atoms with Crippen LogP contribution in [0.25, 0.3) is 0 Å². The zero-order chi connectivity index (χ0) is 16.7. The van der Waals surface area contributed by atoms with Crippen LogP contribution in [0.5, 0.6) is 0 Å². The number of halogens is 1. The molecule has 1 aromatic carbocycles. The van der Waals surface area contributed by atoms with Crippen LogP contribution in [0.15, 0.2) is 24.3 Å².